The number of carbonyl (C=O) groups is 2. The van der Waals surface area contributed by atoms with Crippen LogP contribution in [0.5, 0.6) is 5.75 Å². The largest absolute Gasteiger partial charge is 0.481 e. The highest BCUT2D eigenvalue weighted by Gasteiger charge is 2.31. The molecular formula is C28H30BrFN2O3. The lowest BCUT2D eigenvalue weighted by atomic mass is 10.0. The van der Waals surface area contributed by atoms with Crippen molar-refractivity contribution in [1.82, 2.24) is 10.2 Å². The first kappa shape index (κ1) is 26.4. The van der Waals surface area contributed by atoms with E-state index in [1.54, 1.807) is 12.1 Å². The van der Waals surface area contributed by atoms with Gasteiger partial charge in [0, 0.05) is 23.5 Å². The lowest BCUT2D eigenvalue weighted by Gasteiger charge is -2.32. The quantitative estimate of drug-likeness (QED) is 0.348. The van der Waals surface area contributed by atoms with Crippen LogP contribution in [0.3, 0.4) is 0 Å². The summed E-state index contributed by atoms with van der Waals surface area (Å²) in [6, 6.07) is 22.3. The van der Waals surface area contributed by atoms with Gasteiger partial charge in [-0.25, -0.2) is 4.39 Å². The molecule has 0 heterocycles. The van der Waals surface area contributed by atoms with Crippen molar-refractivity contribution < 1.29 is 18.7 Å². The summed E-state index contributed by atoms with van der Waals surface area (Å²) in [5.41, 5.74) is 1.79. The molecule has 7 heteroatoms. The van der Waals surface area contributed by atoms with Gasteiger partial charge in [-0.2, -0.15) is 0 Å². The fourth-order valence-corrected chi connectivity index (χ4v) is 3.83. The van der Waals surface area contributed by atoms with Crippen molar-refractivity contribution in [2.45, 2.75) is 45.3 Å². The van der Waals surface area contributed by atoms with Crippen LogP contribution in [0.25, 0.3) is 0 Å². The number of para-hydroxylation sites is 1. The Hall–Kier alpha value is -3.19. The molecule has 0 saturated heterocycles. The van der Waals surface area contributed by atoms with Crippen LogP contribution in [0.2, 0.25) is 0 Å². The van der Waals surface area contributed by atoms with Gasteiger partial charge in [0.05, 0.1) is 0 Å². The van der Waals surface area contributed by atoms with E-state index >= 15 is 0 Å². The van der Waals surface area contributed by atoms with E-state index in [1.807, 2.05) is 68.4 Å². The van der Waals surface area contributed by atoms with Crippen LogP contribution in [-0.2, 0) is 22.6 Å². The number of hydrogen-bond acceptors (Lipinski definition) is 3. The van der Waals surface area contributed by atoms with E-state index in [-0.39, 0.29) is 30.9 Å². The highest BCUT2D eigenvalue weighted by molar-refractivity contribution is 9.10. The molecule has 0 aliphatic rings. The molecule has 0 aromatic heterocycles. The number of amides is 2. The Bertz CT molecular complexity index is 1110. The molecule has 0 saturated carbocycles. The summed E-state index contributed by atoms with van der Waals surface area (Å²) in [6.45, 7) is 3.74. The van der Waals surface area contributed by atoms with Crippen LogP contribution in [0.4, 0.5) is 4.39 Å². The Balaban J connectivity index is 1.91. The molecule has 0 spiro atoms. The van der Waals surface area contributed by atoms with E-state index in [0.717, 1.165) is 22.0 Å². The van der Waals surface area contributed by atoms with Crippen molar-refractivity contribution in [2.24, 2.45) is 0 Å². The lowest BCUT2D eigenvalue weighted by molar-refractivity contribution is -0.143. The summed E-state index contributed by atoms with van der Waals surface area (Å²) >= 11 is 3.43. The number of nitrogens with zero attached hydrogens (tertiary/aromatic N) is 1. The molecule has 0 fully saturated rings. The molecule has 184 valence electrons. The molecule has 2 atom stereocenters. The molecular weight excluding hydrogens is 511 g/mol. The molecule has 2 unspecified atom stereocenters. The molecule has 35 heavy (non-hydrogen) atoms. The molecule has 1 N–H and O–H groups in total. The lowest BCUT2D eigenvalue weighted by Crippen LogP contribution is -2.53. The third-order valence-corrected chi connectivity index (χ3v) is 6.25. The van der Waals surface area contributed by atoms with E-state index in [1.165, 1.54) is 17.0 Å². The fraction of sp³-hybridized carbons (Fsp3) is 0.286. The molecule has 3 aromatic carbocycles. The number of halogens is 2. The van der Waals surface area contributed by atoms with Gasteiger partial charge in [0.15, 0.2) is 18.2 Å². The summed E-state index contributed by atoms with van der Waals surface area (Å²) in [4.78, 5) is 28.4. The summed E-state index contributed by atoms with van der Waals surface area (Å²) in [6.07, 6.45) is 1.10. The molecule has 0 aliphatic carbocycles. The Kier molecular flexibility index (Phi) is 9.85. The first-order valence-corrected chi connectivity index (χ1v) is 12.4. The summed E-state index contributed by atoms with van der Waals surface area (Å²) < 4.78 is 20.5. The normalized spacial score (nSPS) is 12.5. The minimum absolute atomic E-state index is 0.00638. The highest BCUT2D eigenvalue weighted by atomic mass is 79.9. The number of nitrogens with one attached hydrogen (secondary N) is 1. The predicted molar refractivity (Wildman–Crippen MR) is 138 cm³/mol. The zero-order valence-electron chi connectivity index (χ0n) is 19.9. The van der Waals surface area contributed by atoms with Gasteiger partial charge in [-0.15, -0.1) is 0 Å². The van der Waals surface area contributed by atoms with Crippen molar-refractivity contribution >= 4 is 27.7 Å². The van der Waals surface area contributed by atoms with Crippen LogP contribution in [-0.4, -0.2) is 35.4 Å². The van der Waals surface area contributed by atoms with Crippen LogP contribution < -0.4 is 10.1 Å². The van der Waals surface area contributed by atoms with Gasteiger partial charge < -0.3 is 15.0 Å². The van der Waals surface area contributed by atoms with E-state index in [4.69, 9.17) is 4.74 Å². The topological polar surface area (TPSA) is 58.6 Å². The number of hydrogen-bond donors (Lipinski definition) is 1. The van der Waals surface area contributed by atoms with E-state index in [9.17, 15) is 14.0 Å². The first-order chi connectivity index (χ1) is 16.9. The van der Waals surface area contributed by atoms with Gasteiger partial charge in [-0.3, -0.25) is 9.59 Å². The maximum absolute atomic E-state index is 14.1. The Morgan fingerprint density at radius 1 is 0.971 bits per heavy atom. The van der Waals surface area contributed by atoms with Crippen molar-refractivity contribution in [2.75, 3.05) is 6.61 Å². The second kappa shape index (κ2) is 13.0. The van der Waals surface area contributed by atoms with Gasteiger partial charge in [0.1, 0.15) is 6.04 Å². The van der Waals surface area contributed by atoms with Gasteiger partial charge in [-0.1, -0.05) is 77.5 Å². The number of benzene rings is 3. The van der Waals surface area contributed by atoms with Crippen molar-refractivity contribution in [1.29, 1.82) is 0 Å². The molecule has 0 bridgehead atoms. The molecule has 2 amide bonds. The van der Waals surface area contributed by atoms with Gasteiger partial charge in [-0.05, 0) is 48.7 Å². The third kappa shape index (κ3) is 7.92. The fourth-order valence-electron chi connectivity index (χ4n) is 3.57. The Morgan fingerprint density at radius 2 is 1.63 bits per heavy atom. The van der Waals surface area contributed by atoms with Crippen LogP contribution in [0, 0.1) is 5.82 Å². The monoisotopic (exact) mass is 540 g/mol. The number of ether oxygens (including phenoxy) is 1. The SMILES string of the molecule is CCC(C)NC(=O)C(Cc1ccccc1)N(Cc1ccc(Br)cc1)C(=O)COc1ccccc1F. The van der Waals surface area contributed by atoms with Gasteiger partial charge in [0.25, 0.3) is 5.91 Å². The zero-order valence-corrected chi connectivity index (χ0v) is 21.5. The first-order valence-electron chi connectivity index (χ1n) is 11.6. The van der Waals surface area contributed by atoms with E-state index < -0.39 is 17.8 Å². The minimum Gasteiger partial charge on any atom is -0.481 e. The summed E-state index contributed by atoms with van der Waals surface area (Å²) in [5.74, 6) is -1.20. The standard InChI is InChI=1S/C28H30BrFN2O3/c1-3-20(2)31-28(34)25(17-21-9-5-4-6-10-21)32(18-22-13-15-23(29)16-14-22)27(33)19-35-26-12-8-7-11-24(26)30/h4-16,20,25H,3,17-19H2,1-2H3,(H,31,34). The average molecular weight is 541 g/mol. The molecule has 3 rings (SSSR count). The van der Waals surface area contributed by atoms with E-state index in [2.05, 4.69) is 21.2 Å². The van der Waals surface area contributed by atoms with Crippen molar-refractivity contribution in [3.8, 4) is 5.75 Å². The molecule has 0 radical (unpaired) electrons. The molecule has 3 aromatic rings. The maximum Gasteiger partial charge on any atom is 0.261 e. The molecule has 0 aliphatic heterocycles. The van der Waals surface area contributed by atoms with Gasteiger partial charge in [0.2, 0.25) is 5.91 Å². The van der Waals surface area contributed by atoms with Crippen LogP contribution in [0.15, 0.2) is 83.3 Å². The van der Waals surface area contributed by atoms with Crippen molar-refractivity contribution in [3.05, 3.63) is 100 Å². The summed E-state index contributed by atoms with van der Waals surface area (Å²) in [5, 5.41) is 3.02. The van der Waals surface area contributed by atoms with Crippen LogP contribution in [0.1, 0.15) is 31.4 Å². The molecule has 5 nitrogen and oxygen atoms in total. The highest BCUT2D eigenvalue weighted by Crippen LogP contribution is 2.19. The Labute approximate surface area is 214 Å². The second-order valence-corrected chi connectivity index (χ2v) is 9.31. The number of carbonyl (C=O) groups excluding carboxylic acids is 2. The van der Waals surface area contributed by atoms with Gasteiger partial charge >= 0.3 is 0 Å². The Morgan fingerprint density at radius 3 is 2.29 bits per heavy atom. The maximum atomic E-state index is 14.1. The number of rotatable bonds is 11. The van der Waals surface area contributed by atoms with E-state index in [0.29, 0.717) is 6.42 Å². The average Bonchev–Trinajstić information content (AvgIpc) is 2.87. The van der Waals surface area contributed by atoms with Crippen LogP contribution >= 0.6 is 15.9 Å². The zero-order chi connectivity index (χ0) is 25.2. The second-order valence-electron chi connectivity index (χ2n) is 8.39. The van der Waals surface area contributed by atoms with Crippen molar-refractivity contribution in [3.63, 3.8) is 0 Å². The third-order valence-electron chi connectivity index (χ3n) is 5.73. The summed E-state index contributed by atoms with van der Waals surface area (Å²) in [7, 11) is 0. The minimum atomic E-state index is -0.772. The predicted octanol–water partition coefficient (Wildman–Crippen LogP) is 5.52. The smallest absolute Gasteiger partial charge is 0.261 e.